The van der Waals surface area contributed by atoms with Crippen LogP contribution in [0.1, 0.15) is 58.8 Å². The fraction of sp³-hybridized carbons (Fsp3) is 0.875. The molecule has 0 aliphatic heterocycles. The highest BCUT2D eigenvalue weighted by Crippen LogP contribution is 2.38. The molecule has 5 heteroatoms. The number of hydrogen-bond donors (Lipinski definition) is 3. The van der Waals surface area contributed by atoms with Crippen molar-refractivity contribution < 1.29 is 14.7 Å². The number of carbonyl (C=O) groups excluding carboxylic acids is 1. The van der Waals surface area contributed by atoms with Gasteiger partial charge in [-0.3, -0.25) is 9.59 Å². The molecule has 0 saturated heterocycles. The van der Waals surface area contributed by atoms with E-state index < -0.39 is 11.9 Å². The van der Waals surface area contributed by atoms with Crippen LogP contribution in [0.15, 0.2) is 0 Å². The smallest absolute Gasteiger partial charge is 0.308 e. The van der Waals surface area contributed by atoms with E-state index in [1.54, 1.807) is 0 Å². The molecule has 1 aliphatic carbocycles. The minimum Gasteiger partial charge on any atom is -0.481 e. The number of aliphatic carboxylic acids is 1. The quantitative estimate of drug-likeness (QED) is 0.640. The van der Waals surface area contributed by atoms with Crippen molar-refractivity contribution in [1.29, 1.82) is 0 Å². The molecule has 0 aromatic rings. The molecule has 0 aromatic carbocycles. The van der Waals surface area contributed by atoms with Gasteiger partial charge < -0.3 is 16.2 Å². The van der Waals surface area contributed by atoms with Crippen LogP contribution in [0.5, 0.6) is 0 Å². The van der Waals surface area contributed by atoms with Crippen LogP contribution >= 0.6 is 0 Å². The molecule has 122 valence electrons. The zero-order valence-electron chi connectivity index (χ0n) is 13.4. The molecule has 1 aliphatic rings. The Balaban J connectivity index is 2.46. The molecule has 1 rings (SSSR count). The van der Waals surface area contributed by atoms with E-state index in [4.69, 9.17) is 5.73 Å². The summed E-state index contributed by atoms with van der Waals surface area (Å²) >= 11 is 0. The first-order valence-corrected chi connectivity index (χ1v) is 8.08. The second-order valence-electron chi connectivity index (χ2n) is 6.91. The second-order valence-corrected chi connectivity index (χ2v) is 6.91. The van der Waals surface area contributed by atoms with Crippen molar-refractivity contribution in [3.63, 3.8) is 0 Å². The minimum absolute atomic E-state index is 0.0580. The van der Waals surface area contributed by atoms with Gasteiger partial charge in [0.05, 0.1) is 5.92 Å². The lowest BCUT2D eigenvalue weighted by Gasteiger charge is -2.35. The first-order valence-electron chi connectivity index (χ1n) is 8.08. The van der Waals surface area contributed by atoms with Gasteiger partial charge in [-0.05, 0) is 37.1 Å². The summed E-state index contributed by atoms with van der Waals surface area (Å²) in [7, 11) is 0. The van der Waals surface area contributed by atoms with Gasteiger partial charge in [0.2, 0.25) is 5.91 Å². The number of amides is 1. The lowest BCUT2D eigenvalue weighted by Crippen LogP contribution is -2.40. The first-order chi connectivity index (χ1) is 9.88. The van der Waals surface area contributed by atoms with E-state index in [9.17, 15) is 14.7 Å². The predicted molar refractivity (Wildman–Crippen MR) is 82.8 cm³/mol. The number of carboxylic acids is 1. The maximum atomic E-state index is 12.1. The number of carboxylic acid groups (broad SMARTS) is 1. The number of carbonyl (C=O) groups is 2. The van der Waals surface area contributed by atoms with Gasteiger partial charge in [-0.1, -0.05) is 33.1 Å². The zero-order valence-corrected chi connectivity index (χ0v) is 13.4. The third-order valence-electron chi connectivity index (χ3n) is 4.53. The van der Waals surface area contributed by atoms with Crippen LogP contribution < -0.4 is 11.1 Å². The van der Waals surface area contributed by atoms with E-state index in [-0.39, 0.29) is 17.9 Å². The van der Waals surface area contributed by atoms with Gasteiger partial charge in [-0.25, -0.2) is 0 Å². The molecule has 0 radical (unpaired) electrons. The van der Waals surface area contributed by atoms with Gasteiger partial charge in [0.1, 0.15) is 0 Å². The highest BCUT2D eigenvalue weighted by molar-refractivity contribution is 5.78. The number of hydrogen-bond acceptors (Lipinski definition) is 3. The van der Waals surface area contributed by atoms with Crippen molar-refractivity contribution in [3.05, 3.63) is 0 Å². The molecule has 1 fully saturated rings. The Bertz CT molecular complexity index is 349. The molecule has 0 aromatic heterocycles. The average molecular weight is 298 g/mol. The van der Waals surface area contributed by atoms with E-state index in [1.807, 2.05) is 13.8 Å². The summed E-state index contributed by atoms with van der Waals surface area (Å²) in [5.41, 5.74) is 5.81. The monoisotopic (exact) mass is 298 g/mol. The van der Waals surface area contributed by atoms with Crippen molar-refractivity contribution in [3.8, 4) is 0 Å². The van der Waals surface area contributed by atoms with Crippen molar-refractivity contribution >= 4 is 11.9 Å². The van der Waals surface area contributed by atoms with Crippen molar-refractivity contribution in [2.24, 2.45) is 23.0 Å². The minimum atomic E-state index is -0.838. The van der Waals surface area contributed by atoms with E-state index in [1.165, 1.54) is 6.42 Å². The predicted octanol–water partition coefficient (Wildman–Crippen LogP) is 2.15. The normalized spacial score (nSPS) is 19.2. The van der Waals surface area contributed by atoms with Gasteiger partial charge in [0.15, 0.2) is 0 Å². The van der Waals surface area contributed by atoms with Crippen LogP contribution in [0.25, 0.3) is 0 Å². The molecule has 1 atom stereocenters. The molecular weight excluding hydrogens is 268 g/mol. The fourth-order valence-electron chi connectivity index (χ4n) is 3.24. The highest BCUT2D eigenvalue weighted by atomic mass is 16.4. The Morgan fingerprint density at radius 2 is 1.86 bits per heavy atom. The van der Waals surface area contributed by atoms with Crippen LogP contribution in [0.3, 0.4) is 0 Å². The number of nitrogens with one attached hydrogen (secondary N) is 1. The van der Waals surface area contributed by atoms with Crippen molar-refractivity contribution in [1.82, 2.24) is 5.32 Å². The summed E-state index contributed by atoms with van der Waals surface area (Å²) in [6, 6.07) is 0. The summed E-state index contributed by atoms with van der Waals surface area (Å²) in [5.74, 6) is -1.10. The van der Waals surface area contributed by atoms with Crippen LogP contribution in [0, 0.1) is 17.3 Å². The Labute approximate surface area is 127 Å². The largest absolute Gasteiger partial charge is 0.481 e. The molecule has 4 N–H and O–H groups in total. The van der Waals surface area contributed by atoms with Gasteiger partial charge in [0, 0.05) is 13.0 Å². The molecule has 0 bridgehead atoms. The molecule has 5 nitrogen and oxygen atoms in total. The Kier molecular flexibility index (Phi) is 7.15. The number of nitrogens with two attached hydrogens (primary N) is 1. The van der Waals surface area contributed by atoms with E-state index in [0.717, 1.165) is 25.7 Å². The van der Waals surface area contributed by atoms with Gasteiger partial charge in [-0.2, -0.15) is 0 Å². The molecule has 1 unspecified atom stereocenters. The third kappa shape index (κ3) is 6.04. The number of rotatable bonds is 8. The standard InChI is InChI=1S/C16H30N2O3/c1-12(2)8-13(15(20)21)10-18-14(19)9-16(11-17)6-4-3-5-7-16/h12-13H,3-11,17H2,1-2H3,(H,18,19)(H,20,21). The summed E-state index contributed by atoms with van der Waals surface area (Å²) in [4.78, 5) is 23.3. The molecule has 1 amide bonds. The summed E-state index contributed by atoms with van der Waals surface area (Å²) in [6.45, 7) is 4.73. The SMILES string of the molecule is CC(C)CC(CNC(=O)CC1(CN)CCCCC1)C(=O)O. The van der Waals surface area contributed by atoms with Gasteiger partial charge in [0.25, 0.3) is 0 Å². The topological polar surface area (TPSA) is 92.4 Å². The van der Waals surface area contributed by atoms with E-state index in [2.05, 4.69) is 5.32 Å². The van der Waals surface area contributed by atoms with Crippen LogP contribution in [0.4, 0.5) is 0 Å². The lowest BCUT2D eigenvalue weighted by molar-refractivity contribution is -0.142. The molecule has 0 heterocycles. The third-order valence-corrected chi connectivity index (χ3v) is 4.53. The van der Waals surface area contributed by atoms with Crippen molar-refractivity contribution in [2.45, 2.75) is 58.8 Å². The van der Waals surface area contributed by atoms with E-state index >= 15 is 0 Å². The van der Waals surface area contributed by atoms with Crippen molar-refractivity contribution in [2.75, 3.05) is 13.1 Å². The Morgan fingerprint density at radius 1 is 1.24 bits per heavy atom. The Hall–Kier alpha value is -1.10. The summed E-state index contributed by atoms with van der Waals surface area (Å²) in [6.07, 6.45) is 6.51. The molecule has 1 saturated carbocycles. The van der Waals surface area contributed by atoms with Gasteiger partial charge >= 0.3 is 5.97 Å². The van der Waals surface area contributed by atoms with Crippen LogP contribution in [0.2, 0.25) is 0 Å². The van der Waals surface area contributed by atoms with Crippen LogP contribution in [-0.4, -0.2) is 30.1 Å². The average Bonchev–Trinajstić information content (AvgIpc) is 2.43. The molecule has 21 heavy (non-hydrogen) atoms. The summed E-state index contributed by atoms with van der Waals surface area (Å²) in [5, 5.41) is 12.0. The fourth-order valence-corrected chi connectivity index (χ4v) is 3.24. The molecule has 0 spiro atoms. The van der Waals surface area contributed by atoms with Gasteiger partial charge in [-0.15, -0.1) is 0 Å². The van der Waals surface area contributed by atoms with E-state index in [0.29, 0.717) is 25.3 Å². The maximum Gasteiger partial charge on any atom is 0.308 e. The Morgan fingerprint density at radius 3 is 2.33 bits per heavy atom. The maximum absolute atomic E-state index is 12.1. The molecular formula is C16H30N2O3. The second kappa shape index (κ2) is 8.37. The first kappa shape index (κ1) is 18.0. The highest BCUT2D eigenvalue weighted by Gasteiger charge is 2.33. The summed E-state index contributed by atoms with van der Waals surface area (Å²) < 4.78 is 0. The van der Waals surface area contributed by atoms with Crippen LogP contribution in [-0.2, 0) is 9.59 Å². The zero-order chi connectivity index (χ0) is 15.9. The lowest BCUT2D eigenvalue weighted by atomic mass is 9.71.